The molecule has 5 nitrogen and oxygen atoms in total. The Hall–Kier alpha value is -2.51. The maximum absolute atomic E-state index is 12.9. The van der Waals surface area contributed by atoms with Crippen molar-refractivity contribution in [2.24, 2.45) is 0 Å². The molecule has 0 aliphatic heterocycles. The zero-order chi connectivity index (χ0) is 19.1. The molecule has 0 bridgehead atoms. The van der Waals surface area contributed by atoms with Crippen molar-refractivity contribution in [2.45, 2.75) is 31.0 Å². The second-order valence-corrected chi connectivity index (χ2v) is 8.91. The van der Waals surface area contributed by atoms with Gasteiger partial charge in [-0.2, -0.15) is 0 Å². The molecule has 3 aromatic heterocycles. The van der Waals surface area contributed by atoms with Crippen molar-refractivity contribution in [3.63, 3.8) is 0 Å². The number of carbonyl (C=O) groups is 1. The van der Waals surface area contributed by atoms with Crippen LogP contribution in [0.15, 0.2) is 53.9 Å². The van der Waals surface area contributed by atoms with E-state index in [9.17, 15) is 4.79 Å². The van der Waals surface area contributed by atoms with Gasteiger partial charge in [-0.3, -0.25) is 14.3 Å². The van der Waals surface area contributed by atoms with Crippen LogP contribution in [0.5, 0.6) is 0 Å². The van der Waals surface area contributed by atoms with Crippen molar-refractivity contribution in [3.05, 3.63) is 59.2 Å². The van der Waals surface area contributed by atoms with Gasteiger partial charge >= 0.3 is 0 Å². The molecule has 28 heavy (non-hydrogen) atoms. The van der Waals surface area contributed by atoms with Gasteiger partial charge in [-0.1, -0.05) is 30.0 Å². The summed E-state index contributed by atoms with van der Waals surface area (Å²) in [5.74, 6) is 1.35. The van der Waals surface area contributed by atoms with Gasteiger partial charge in [-0.25, -0.2) is 0 Å². The first-order chi connectivity index (χ1) is 13.7. The maximum Gasteiger partial charge on any atom is 0.192 e. The number of fused-ring (bicyclic) bond motifs is 1. The Morgan fingerprint density at radius 3 is 2.82 bits per heavy atom. The predicted molar refractivity (Wildman–Crippen MR) is 113 cm³/mol. The normalized spacial score (nSPS) is 13.9. The number of ketones is 1. The summed E-state index contributed by atoms with van der Waals surface area (Å²) in [6.07, 6.45) is 5.82. The summed E-state index contributed by atoms with van der Waals surface area (Å²) in [5.41, 5.74) is 2.03. The SMILES string of the molecule is Cc1c(C(=O)CSc2nnc(-c3cccnc3)n2C2CC2)sc2ccccc12. The van der Waals surface area contributed by atoms with Crippen LogP contribution in [-0.2, 0) is 0 Å². The van der Waals surface area contributed by atoms with Crippen LogP contribution in [-0.4, -0.2) is 31.3 Å². The second-order valence-electron chi connectivity index (χ2n) is 6.91. The molecule has 0 spiro atoms. The van der Waals surface area contributed by atoms with Crippen LogP contribution in [0.4, 0.5) is 0 Å². The number of thiophene rings is 1. The summed E-state index contributed by atoms with van der Waals surface area (Å²) in [7, 11) is 0. The lowest BCUT2D eigenvalue weighted by atomic mass is 10.1. The first-order valence-corrected chi connectivity index (χ1v) is 11.0. The highest BCUT2D eigenvalue weighted by Gasteiger charge is 2.30. The average molecular weight is 407 g/mol. The quantitative estimate of drug-likeness (QED) is 0.326. The Morgan fingerprint density at radius 2 is 2.07 bits per heavy atom. The largest absolute Gasteiger partial charge is 0.299 e. The van der Waals surface area contributed by atoms with E-state index in [2.05, 4.69) is 31.9 Å². The molecule has 0 saturated heterocycles. The standard InChI is InChI=1S/C21H18N4OS2/c1-13-16-6-2-3-7-18(16)28-19(13)17(26)12-27-21-24-23-20(25(21)15-8-9-15)14-5-4-10-22-11-14/h2-7,10-11,15H,8-9,12H2,1H3. The van der Waals surface area contributed by atoms with Crippen LogP contribution in [0.25, 0.3) is 21.5 Å². The van der Waals surface area contributed by atoms with Gasteiger partial charge in [0.2, 0.25) is 0 Å². The van der Waals surface area contributed by atoms with Crippen LogP contribution in [0, 0.1) is 6.92 Å². The van der Waals surface area contributed by atoms with E-state index in [-0.39, 0.29) is 5.78 Å². The minimum atomic E-state index is 0.150. The van der Waals surface area contributed by atoms with E-state index in [0.29, 0.717) is 11.8 Å². The van der Waals surface area contributed by atoms with Crippen LogP contribution in [0.2, 0.25) is 0 Å². The molecule has 4 aromatic rings. The lowest BCUT2D eigenvalue weighted by molar-refractivity contribution is 0.102. The van der Waals surface area contributed by atoms with E-state index >= 15 is 0 Å². The van der Waals surface area contributed by atoms with Gasteiger partial charge in [0.15, 0.2) is 16.8 Å². The number of Topliss-reactive ketones (excluding diaryl/α,β-unsaturated/α-hetero) is 1. The number of thioether (sulfide) groups is 1. The first kappa shape index (κ1) is 17.6. The van der Waals surface area contributed by atoms with Gasteiger partial charge in [0.1, 0.15) is 0 Å². The zero-order valence-electron chi connectivity index (χ0n) is 15.3. The number of hydrogen-bond donors (Lipinski definition) is 0. The number of aryl methyl sites for hydroxylation is 1. The molecule has 1 aliphatic rings. The highest BCUT2D eigenvalue weighted by Crippen LogP contribution is 2.41. The van der Waals surface area contributed by atoms with Crippen LogP contribution < -0.4 is 0 Å². The Labute approximate surface area is 170 Å². The number of hydrogen-bond acceptors (Lipinski definition) is 6. The fourth-order valence-electron chi connectivity index (χ4n) is 3.37. The molecule has 0 N–H and O–H groups in total. The molecule has 0 atom stereocenters. The van der Waals surface area contributed by atoms with E-state index in [0.717, 1.165) is 44.5 Å². The van der Waals surface area contributed by atoms with Crippen LogP contribution in [0.3, 0.4) is 0 Å². The summed E-state index contributed by atoms with van der Waals surface area (Å²) in [6.45, 7) is 2.03. The lowest BCUT2D eigenvalue weighted by Gasteiger charge is -2.08. The molecular formula is C21H18N4OS2. The highest BCUT2D eigenvalue weighted by atomic mass is 32.2. The van der Waals surface area contributed by atoms with E-state index in [1.165, 1.54) is 17.1 Å². The number of rotatable bonds is 6. The Bertz CT molecular complexity index is 1160. The van der Waals surface area contributed by atoms with Gasteiger partial charge < -0.3 is 0 Å². The third kappa shape index (κ3) is 3.14. The van der Waals surface area contributed by atoms with Gasteiger partial charge in [0.05, 0.1) is 10.6 Å². The van der Waals surface area contributed by atoms with Crippen molar-refractivity contribution in [3.8, 4) is 11.4 Å². The lowest BCUT2D eigenvalue weighted by Crippen LogP contribution is -2.05. The number of aromatic nitrogens is 4. The molecule has 1 aliphatic carbocycles. The average Bonchev–Trinajstić information content (AvgIpc) is 3.40. The summed E-state index contributed by atoms with van der Waals surface area (Å²) < 4.78 is 3.33. The Balaban J connectivity index is 1.40. The molecular weight excluding hydrogens is 388 g/mol. The van der Waals surface area contributed by atoms with E-state index < -0.39 is 0 Å². The molecule has 7 heteroatoms. The minimum absolute atomic E-state index is 0.150. The summed E-state index contributed by atoms with van der Waals surface area (Å²) in [5, 5.41) is 10.8. The van der Waals surface area contributed by atoms with Gasteiger partial charge in [0, 0.05) is 28.7 Å². The van der Waals surface area contributed by atoms with Crippen LogP contribution >= 0.6 is 23.1 Å². The van der Waals surface area contributed by atoms with Crippen molar-refractivity contribution in [2.75, 3.05) is 5.75 Å². The van der Waals surface area contributed by atoms with Gasteiger partial charge in [0.25, 0.3) is 0 Å². The number of benzene rings is 1. The van der Waals surface area contributed by atoms with Crippen LogP contribution in [0.1, 0.15) is 34.1 Å². The van der Waals surface area contributed by atoms with Crippen molar-refractivity contribution < 1.29 is 4.79 Å². The second kappa shape index (κ2) is 7.14. The van der Waals surface area contributed by atoms with E-state index in [1.807, 2.05) is 37.4 Å². The summed E-state index contributed by atoms with van der Waals surface area (Å²) >= 11 is 3.06. The van der Waals surface area contributed by atoms with Crippen molar-refractivity contribution >= 4 is 39.0 Å². The molecule has 3 heterocycles. The summed E-state index contributed by atoms with van der Waals surface area (Å²) in [4.78, 5) is 17.9. The van der Waals surface area contributed by atoms with E-state index in [4.69, 9.17) is 0 Å². The molecule has 140 valence electrons. The zero-order valence-corrected chi connectivity index (χ0v) is 17.0. The molecule has 1 saturated carbocycles. The maximum atomic E-state index is 12.9. The fourth-order valence-corrected chi connectivity index (χ4v) is 5.48. The Morgan fingerprint density at radius 1 is 1.21 bits per heavy atom. The predicted octanol–water partition coefficient (Wildman–Crippen LogP) is 5.17. The monoisotopic (exact) mass is 406 g/mol. The molecule has 0 unspecified atom stereocenters. The molecule has 5 rings (SSSR count). The van der Waals surface area contributed by atoms with Gasteiger partial charge in [-0.05, 0) is 48.9 Å². The third-order valence-corrected chi connectivity index (χ3v) is 7.18. The summed E-state index contributed by atoms with van der Waals surface area (Å²) in [6, 6.07) is 12.5. The van der Waals surface area contributed by atoms with Gasteiger partial charge in [-0.15, -0.1) is 21.5 Å². The number of pyridine rings is 1. The number of nitrogens with zero attached hydrogens (tertiary/aromatic N) is 4. The third-order valence-electron chi connectivity index (χ3n) is 4.93. The Kier molecular flexibility index (Phi) is 4.49. The fraction of sp³-hybridized carbons (Fsp3) is 0.238. The first-order valence-electron chi connectivity index (χ1n) is 9.22. The van der Waals surface area contributed by atoms with Crippen molar-refractivity contribution in [1.29, 1.82) is 0 Å². The smallest absolute Gasteiger partial charge is 0.192 e. The van der Waals surface area contributed by atoms with Crippen molar-refractivity contribution in [1.82, 2.24) is 19.7 Å². The molecule has 0 radical (unpaired) electrons. The minimum Gasteiger partial charge on any atom is -0.299 e. The number of carbonyl (C=O) groups excluding carboxylic acids is 1. The topological polar surface area (TPSA) is 60.7 Å². The molecule has 1 fully saturated rings. The molecule has 1 aromatic carbocycles. The van der Waals surface area contributed by atoms with E-state index in [1.54, 1.807) is 17.5 Å². The highest BCUT2D eigenvalue weighted by molar-refractivity contribution is 7.99. The molecule has 0 amide bonds.